The third kappa shape index (κ3) is 53.6. The van der Waals surface area contributed by atoms with Crippen LogP contribution in [0.4, 0.5) is 0 Å². The van der Waals surface area contributed by atoms with Crippen molar-refractivity contribution in [2.45, 2.75) is 85.0 Å². The maximum Gasteiger partial charge on any atom is 1.00 e. The van der Waals surface area contributed by atoms with E-state index < -0.39 is 5.97 Å². The first-order valence-corrected chi connectivity index (χ1v) is 7.98. The first kappa shape index (κ1) is 29.0. The number of hydrogen-bond acceptors (Lipinski definition) is 2. The van der Waals surface area contributed by atoms with Crippen LogP contribution in [0.25, 0.3) is 0 Å². The maximum absolute atomic E-state index is 9.92. The smallest absolute Gasteiger partial charge is 0.550 e. The van der Waals surface area contributed by atoms with Gasteiger partial charge < -0.3 is 9.90 Å². The summed E-state index contributed by atoms with van der Waals surface area (Å²) in [4.78, 5) is 9.92. The molecule has 21 heavy (non-hydrogen) atoms. The summed E-state index contributed by atoms with van der Waals surface area (Å²) in [6.07, 6.45) is 14.5. The number of unbranched alkanes of at least 4 members (excludes halogenated alkanes) is 7. The van der Waals surface area contributed by atoms with E-state index in [1.165, 1.54) is 38.5 Å². The molecule has 2 nitrogen and oxygen atoms in total. The predicted octanol–water partition coefficient (Wildman–Crippen LogP) is 2.05. The number of aliphatic carboxylic acids is 1. The van der Waals surface area contributed by atoms with Crippen molar-refractivity contribution in [2.24, 2.45) is 0 Å². The fourth-order valence-corrected chi connectivity index (χ4v) is 1.41. The number of hydrogen-bond donors (Lipinski definition) is 0. The summed E-state index contributed by atoms with van der Waals surface area (Å²) < 4.78 is 0. The third-order valence-electron chi connectivity index (χ3n) is 2.50. The van der Waals surface area contributed by atoms with E-state index in [4.69, 9.17) is 0 Å². The Morgan fingerprint density at radius 3 is 1.76 bits per heavy atom. The van der Waals surface area contributed by atoms with Gasteiger partial charge in [0.25, 0.3) is 0 Å². The second kappa shape index (κ2) is 32.1. The molecule has 0 N–H and O–H groups in total. The SMILES string of the molecule is C=CC.C=CCCCCC.CCCCCCCC(=O)[O-].[Na+]. The molecule has 0 saturated heterocycles. The summed E-state index contributed by atoms with van der Waals surface area (Å²) in [6.45, 7) is 13.2. The van der Waals surface area contributed by atoms with Crippen LogP contribution in [0.5, 0.6) is 0 Å². The molecule has 0 aromatic heterocycles. The molecule has 0 aliphatic rings. The Labute approximate surface area is 155 Å². The number of carboxylic acids is 1. The van der Waals surface area contributed by atoms with Crippen LogP contribution in [0.15, 0.2) is 25.3 Å². The normalized spacial score (nSPS) is 8.14. The van der Waals surface area contributed by atoms with E-state index in [9.17, 15) is 9.90 Å². The van der Waals surface area contributed by atoms with Crippen molar-refractivity contribution >= 4 is 5.97 Å². The Bertz CT molecular complexity index is 203. The first-order chi connectivity index (χ1) is 9.60. The molecule has 0 saturated carbocycles. The van der Waals surface area contributed by atoms with E-state index >= 15 is 0 Å². The molecular formula is C18H35NaO2. The van der Waals surface area contributed by atoms with Crippen LogP contribution >= 0.6 is 0 Å². The molecule has 0 aliphatic heterocycles. The molecule has 0 spiro atoms. The van der Waals surface area contributed by atoms with Crippen LogP contribution < -0.4 is 34.7 Å². The van der Waals surface area contributed by atoms with Crippen LogP contribution in [0.1, 0.15) is 85.0 Å². The molecule has 0 atom stereocenters. The van der Waals surface area contributed by atoms with Crippen molar-refractivity contribution in [1.29, 1.82) is 0 Å². The Morgan fingerprint density at radius 1 is 0.952 bits per heavy atom. The van der Waals surface area contributed by atoms with E-state index in [0.717, 1.165) is 19.3 Å². The summed E-state index contributed by atoms with van der Waals surface area (Å²) in [6, 6.07) is 0. The summed E-state index contributed by atoms with van der Waals surface area (Å²) in [5.74, 6) is -0.920. The molecule has 0 aromatic rings. The van der Waals surface area contributed by atoms with Gasteiger partial charge in [0.15, 0.2) is 0 Å². The van der Waals surface area contributed by atoms with Gasteiger partial charge in [0.1, 0.15) is 0 Å². The zero-order valence-corrected chi connectivity index (χ0v) is 17.0. The zero-order valence-electron chi connectivity index (χ0n) is 15.0. The molecule has 0 fully saturated rings. The number of carbonyl (C=O) groups excluding carboxylic acids is 1. The molecule has 0 amide bonds. The maximum atomic E-state index is 9.92. The largest absolute Gasteiger partial charge is 1.00 e. The average Bonchev–Trinajstić information content (AvgIpc) is 2.40. The Kier molecular flexibility index (Phi) is 44.3. The Hall–Kier alpha value is -0.0500. The van der Waals surface area contributed by atoms with Crippen molar-refractivity contribution in [3.05, 3.63) is 25.3 Å². The fraction of sp³-hybridized carbons (Fsp3) is 0.722. The summed E-state index contributed by atoms with van der Waals surface area (Å²) in [7, 11) is 0. The second-order valence-electron chi connectivity index (χ2n) is 4.73. The fourth-order valence-electron chi connectivity index (χ4n) is 1.41. The van der Waals surface area contributed by atoms with Crippen molar-refractivity contribution in [3.8, 4) is 0 Å². The summed E-state index contributed by atoms with van der Waals surface area (Å²) in [5.41, 5.74) is 0. The van der Waals surface area contributed by atoms with Gasteiger partial charge in [-0.05, 0) is 32.6 Å². The van der Waals surface area contributed by atoms with E-state index in [2.05, 4.69) is 27.0 Å². The van der Waals surface area contributed by atoms with Crippen molar-refractivity contribution in [1.82, 2.24) is 0 Å². The molecule has 0 aromatic carbocycles. The molecule has 0 heterocycles. The quantitative estimate of drug-likeness (QED) is 0.352. The first-order valence-electron chi connectivity index (χ1n) is 7.98. The van der Waals surface area contributed by atoms with Crippen molar-refractivity contribution in [2.75, 3.05) is 0 Å². The second-order valence-corrected chi connectivity index (χ2v) is 4.73. The van der Waals surface area contributed by atoms with Gasteiger partial charge in [-0.25, -0.2) is 0 Å². The van der Waals surface area contributed by atoms with E-state index in [1.54, 1.807) is 6.08 Å². The van der Waals surface area contributed by atoms with Gasteiger partial charge >= 0.3 is 29.6 Å². The third-order valence-corrected chi connectivity index (χ3v) is 2.50. The van der Waals surface area contributed by atoms with E-state index in [0.29, 0.717) is 0 Å². The van der Waals surface area contributed by atoms with Gasteiger partial charge in [0, 0.05) is 5.97 Å². The standard InChI is InChI=1S/C8H16O2.C7H14.C3H6.Na/c1-2-3-4-5-6-7-8(9)10;1-3-5-7-6-4-2;1-3-2;/h2-7H2,1H3,(H,9,10);3H,1,4-7H2,2H3;3H,1H2,2H3;/q;;;+1/p-1. The Morgan fingerprint density at radius 2 is 1.38 bits per heavy atom. The number of allylic oxidation sites excluding steroid dienone is 2. The van der Waals surface area contributed by atoms with Gasteiger partial charge in [-0.1, -0.05) is 64.5 Å². The average molecular weight is 306 g/mol. The van der Waals surface area contributed by atoms with Crippen LogP contribution in [0.3, 0.4) is 0 Å². The number of carboxylic acid groups (broad SMARTS) is 1. The molecule has 0 unspecified atom stereocenters. The van der Waals surface area contributed by atoms with Gasteiger partial charge in [-0.3, -0.25) is 0 Å². The van der Waals surface area contributed by atoms with Gasteiger partial charge in [-0.2, -0.15) is 0 Å². The Balaban J connectivity index is -0.000000115. The minimum Gasteiger partial charge on any atom is -0.550 e. The van der Waals surface area contributed by atoms with Gasteiger partial charge in [0.2, 0.25) is 0 Å². The number of rotatable bonds is 10. The molecule has 0 radical (unpaired) electrons. The van der Waals surface area contributed by atoms with E-state index in [-0.39, 0.29) is 36.0 Å². The molecule has 0 rings (SSSR count). The van der Waals surface area contributed by atoms with Crippen LogP contribution in [0, 0.1) is 0 Å². The minimum absolute atomic E-state index is 0. The van der Waals surface area contributed by atoms with Crippen LogP contribution in [-0.2, 0) is 4.79 Å². The van der Waals surface area contributed by atoms with Crippen LogP contribution in [-0.4, -0.2) is 5.97 Å². The van der Waals surface area contributed by atoms with E-state index in [1.807, 2.05) is 13.0 Å². The summed E-state index contributed by atoms with van der Waals surface area (Å²) in [5, 5.41) is 9.92. The predicted molar refractivity (Wildman–Crippen MR) is 88.6 cm³/mol. The topological polar surface area (TPSA) is 40.1 Å². The molecule has 3 heteroatoms. The molecule has 120 valence electrons. The molecule has 0 aliphatic carbocycles. The van der Waals surface area contributed by atoms with Gasteiger partial charge in [0.05, 0.1) is 0 Å². The minimum atomic E-state index is -0.920. The zero-order chi connectivity index (χ0) is 16.1. The van der Waals surface area contributed by atoms with Crippen LogP contribution in [0.2, 0.25) is 0 Å². The van der Waals surface area contributed by atoms with Gasteiger partial charge in [-0.15, -0.1) is 13.2 Å². The van der Waals surface area contributed by atoms with Crippen molar-refractivity contribution < 1.29 is 39.5 Å². The molecular weight excluding hydrogens is 271 g/mol. The molecule has 0 bridgehead atoms. The number of carbonyl (C=O) groups is 1. The summed E-state index contributed by atoms with van der Waals surface area (Å²) >= 11 is 0. The monoisotopic (exact) mass is 306 g/mol. The van der Waals surface area contributed by atoms with Crippen molar-refractivity contribution in [3.63, 3.8) is 0 Å².